The van der Waals surface area contributed by atoms with Crippen molar-refractivity contribution in [3.63, 3.8) is 0 Å². The molecule has 1 rings (SSSR count). The highest BCUT2D eigenvalue weighted by molar-refractivity contribution is 6.06. The van der Waals surface area contributed by atoms with Crippen LogP contribution in [0.15, 0.2) is 0 Å². The van der Waals surface area contributed by atoms with E-state index in [-0.39, 0.29) is 11.9 Å². The number of amides is 3. The molecule has 0 aromatic rings. The highest BCUT2D eigenvalue weighted by Gasteiger charge is 2.47. The van der Waals surface area contributed by atoms with Gasteiger partial charge in [0.15, 0.2) is 0 Å². The van der Waals surface area contributed by atoms with E-state index in [0.717, 1.165) is 12.8 Å². The summed E-state index contributed by atoms with van der Waals surface area (Å²) in [6.07, 6.45) is 2.07. The molecule has 1 unspecified atom stereocenters. The molecule has 0 aromatic heterocycles. The third-order valence-electron chi connectivity index (χ3n) is 3.93. The molecule has 3 amide bonds. The summed E-state index contributed by atoms with van der Waals surface area (Å²) < 4.78 is 0. The molecule has 5 heteroatoms. The summed E-state index contributed by atoms with van der Waals surface area (Å²) in [5.74, 6) is -0.165. The molecule has 0 spiro atoms. The van der Waals surface area contributed by atoms with E-state index in [2.05, 4.69) is 5.32 Å². The monoisotopic (exact) mass is 241 g/mol. The largest absolute Gasteiger partial charge is 0.325 e. The van der Waals surface area contributed by atoms with E-state index in [4.69, 9.17) is 5.73 Å². The molecule has 1 heterocycles. The predicted molar refractivity (Wildman–Crippen MR) is 66.4 cm³/mol. The van der Waals surface area contributed by atoms with Gasteiger partial charge in [0, 0.05) is 12.1 Å². The zero-order chi connectivity index (χ0) is 13.3. The average molecular weight is 241 g/mol. The smallest absolute Gasteiger partial charge is 0.324 e. The minimum Gasteiger partial charge on any atom is -0.324 e. The van der Waals surface area contributed by atoms with Crippen LogP contribution in [0.3, 0.4) is 0 Å². The van der Waals surface area contributed by atoms with E-state index < -0.39 is 11.1 Å². The molecule has 1 saturated heterocycles. The molecule has 1 atom stereocenters. The van der Waals surface area contributed by atoms with Crippen LogP contribution in [-0.2, 0) is 4.79 Å². The summed E-state index contributed by atoms with van der Waals surface area (Å²) in [6.45, 7) is 7.88. The van der Waals surface area contributed by atoms with Crippen LogP contribution < -0.4 is 11.1 Å². The zero-order valence-electron chi connectivity index (χ0n) is 11.2. The van der Waals surface area contributed by atoms with Gasteiger partial charge in [-0.3, -0.25) is 9.69 Å². The number of hydrogen-bond acceptors (Lipinski definition) is 3. The van der Waals surface area contributed by atoms with E-state index in [1.165, 1.54) is 4.90 Å². The second-order valence-corrected chi connectivity index (χ2v) is 5.08. The highest BCUT2D eigenvalue weighted by atomic mass is 16.2. The summed E-state index contributed by atoms with van der Waals surface area (Å²) in [6, 6.07) is -0.323. The molecule has 0 aliphatic carbocycles. The number of hydrogen-bond donors (Lipinski definition) is 2. The standard InChI is InChI=1S/C12H23N3O2/c1-5-11(4)9(16)15(10(17)14-11)8-12(13,6-2)7-3/h5-8,13H2,1-4H3,(H,14,17). The number of nitrogens with one attached hydrogen (secondary N) is 1. The summed E-state index contributed by atoms with van der Waals surface area (Å²) in [4.78, 5) is 25.2. The number of carbonyl (C=O) groups excluding carboxylic acids is 2. The number of carbonyl (C=O) groups is 2. The lowest BCUT2D eigenvalue weighted by molar-refractivity contribution is -0.131. The third kappa shape index (κ3) is 2.44. The first-order chi connectivity index (χ1) is 7.82. The normalized spacial score (nSPS) is 25.4. The SMILES string of the molecule is CCC(N)(CC)CN1C(=O)NC(C)(CC)C1=O. The summed E-state index contributed by atoms with van der Waals surface area (Å²) in [5.41, 5.74) is 4.91. The lowest BCUT2D eigenvalue weighted by Crippen LogP contribution is -2.52. The van der Waals surface area contributed by atoms with Crippen molar-refractivity contribution in [2.45, 2.75) is 58.0 Å². The Morgan fingerprint density at radius 1 is 1.29 bits per heavy atom. The molecule has 17 heavy (non-hydrogen) atoms. The van der Waals surface area contributed by atoms with Crippen LogP contribution in [0.2, 0.25) is 0 Å². The molecule has 3 N–H and O–H groups in total. The van der Waals surface area contributed by atoms with Gasteiger partial charge in [0.1, 0.15) is 5.54 Å². The first-order valence-corrected chi connectivity index (χ1v) is 6.25. The maximum Gasteiger partial charge on any atom is 0.325 e. The van der Waals surface area contributed by atoms with Crippen molar-refractivity contribution in [3.8, 4) is 0 Å². The Balaban J connectivity index is 2.87. The fourth-order valence-electron chi connectivity index (χ4n) is 1.92. The van der Waals surface area contributed by atoms with Gasteiger partial charge in [-0.1, -0.05) is 20.8 Å². The van der Waals surface area contributed by atoms with Crippen molar-refractivity contribution in [1.82, 2.24) is 10.2 Å². The second kappa shape index (κ2) is 4.64. The Labute approximate surface area is 103 Å². The molecule has 5 nitrogen and oxygen atoms in total. The Morgan fingerprint density at radius 2 is 1.82 bits per heavy atom. The van der Waals surface area contributed by atoms with Gasteiger partial charge in [0.05, 0.1) is 0 Å². The number of imide groups is 1. The van der Waals surface area contributed by atoms with Crippen molar-refractivity contribution < 1.29 is 9.59 Å². The highest BCUT2D eigenvalue weighted by Crippen LogP contribution is 2.23. The first-order valence-electron chi connectivity index (χ1n) is 6.25. The van der Waals surface area contributed by atoms with Gasteiger partial charge in [-0.25, -0.2) is 4.79 Å². The summed E-state index contributed by atoms with van der Waals surface area (Å²) in [7, 11) is 0. The van der Waals surface area contributed by atoms with Crippen LogP contribution in [0.5, 0.6) is 0 Å². The Morgan fingerprint density at radius 3 is 2.18 bits per heavy atom. The van der Waals surface area contributed by atoms with Crippen LogP contribution in [-0.4, -0.2) is 34.5 Å². The lowest BCUT2D eigenvalue weighted by Gasteiger charge is -2.30. The predicted octanol–water partition coefficient (Wildman–Crippen LogP) is 1.22. The van der Waals surface area contributed by atoms with Crippen molar-refractivity contribution >= 4 is 11.9 Å². The molecule has 0 bridgehead atoms. The summed E-state index contributed by atoms with van der Waals surface area (Å²) in [5, 5.41) is 2.73. The molecule has 0 radical (unpaired) electrons. The van der Waals surface area contributed by atoms with Crippen LogP contribution in [0.4, 0.5) is 4.79 Å². The minimum absolute atomic E-state index is 0.165. The number of nitrogens with zero attached hydrogens (tertiary/aromatic N) is 1. The minimum atomic E-state index is -0.764. The molecule has 1 fully saturated rings. The van der Waals surface area contributed by atoms with Crippen molar-refractivity contribution in [2.75, 3.05) is 6.54 Å². The molecular formula is C12H23N3O2. The molecular weight excluding hydrogens is 218 g/mol. The van der Waals surface area contributed by atoms with Gasteiger partial charge in [-0.05, 0) is 26.2 Å². The van der Waals surface area contributed by atoms with Gasteiger partial charge < -0.3 is 11.1 Å². The first kappa shape index (κ1) is 14.0. The topological polar surface area (TPSA) is 75.4 Å². The fraction of sp³-hybridized carbons (Fsp3) is 0.833. The van der Waals surface area contributed by atoms with Crippen LogP contribution >= 0.6 is 0 Å². The van der Waals surface area contributed by atoms with Gasteiger partial charge in [0.25, 0.3) is 5.91 Å². The maximum atomic E-state index is 12.2. The van der Waals surface area contributed by atoms with Gasteiger partial charge >= 0.3 is 6.03 Å². The van der Waals surface area contributed by atoms with E-state index in [1.54, 1.807) is 6.92 Å². The van der Waals surface area contributed by atoms with Gasteiger partial charge in [-0.15, -0.1) is 0 Å². The molecule has 1 aliphatic heterocycles. The Hall–Kier alpha value is -1.10. The van der Waals surface area contributed by atoms with Crippen LogP contribution in [0.1, 0.15) is 47.0 Å². The lowest BCUT2D eigenvalue weighted by atomic mass is 9.93. The third-order valence-corrected chi connectivity index (χ3v) is 3.93. The zero-order valence-corrected chi connectivity index (χ0v) is 11.2. The van der Waals surface area contributed by atoms with Crippen molar-refractivity contribution in [3.05, 3.63) is 0 Å². The number of nitrogens with two attached hydrogens (primary N) is 1. The average Bonchev–Trinajstić information content (AvgIpc) is 2.53. The second-order valence-electron chi connectivity index (χ2n) is 5.08. The van der Waals surface area contributed by atoms with Gasteiger partial charge in [0.2, 0.25) is 0 Å². The molecule has 0 aromatic carbocycles. The van der Waals surface area contributed by atoms with Crippen LogP contribution in [0.25, 0.3) is 0 Å². The molecule has 0 saturated carbocycles. The van der Waals surface area contributed by atoms with E-state index in [1.807, 2.05) is 20.8 Å². The number of rotatable bonds is 5. The quantitative estimate of drug-likeness (QED) is 0.711. The fourth-order valence-corrected chi connectivity index (χ4v) is 1.92. The maximum absolute atomic E-state index is 12.2. The van der Waals surface area contributed by atoms with Gasteiger partial charge in [-0.2, -0.15) is 0 Å². The number of urea groups is 1. The van der Waals surface area contributed by atoms with E-state index in [0.29, 0.717) is 13.0 Å². The van der Waals surface area contributed by atoms with E-state index in [9.17, 15) is 9.59 Å². The summed E-state index contributed by atoms with van der Waals surface area (Å²) >= 11 is 0. The van der Waals surface area contributed by atoms with Crippen molar-refractivity contribution in [1.29, 1.82) is 0 Å². The Kier molecular flexibility index (Phi) is 3.81. The van der Waals surface area contributed by atoms with E-state index >= 15 is 0 Å². The Bertz CT molecular complexity index is 326. The van der Waals surface area contributed by atoms with Crippen LogP contribution in [0, 0.1) is 0 Å². The molecule has 98 valence electrons. The van der Waals surface area contributed by atoms with Crippen molar-refractivity contribution in [2.24, 2.45) is 5.73 Å². The molecule has 1 aliphatic rings.